The molecule has 2 rings (SSSR count). The maximum atomic E-state index is 11.6. The van der Waals surface area contributed by atoms with Crippen molar-refractivity contribution in [2.75, 3.05) is 13.7 Å². The lowest BCUT2D eigenvalue weighted by molar-refractivity contribution is -0.147. The zero-order chi connectivity index (χ0) is 13.2. The van der Waals surface area contributed by atoms with Crippen LogP contribution in [-0.2, 0) is 15.1 Å². The molecule has 1 unspecified atom stereocenters. The number of rotatable bonds is 5. The third-order valence-electron chi connectivity index (χ3n) is 3.38. The fourth-order valence-corrected chi connectivity index (χ4v) is 2.14. The van der Waals surface area contributed by atoms with Crippen LogP contribution in [0.2, 0.25) is 0 Å². The van der Waals surface area contributed by atoms with Crippen molar-refractivity contribution in [2.24, 2.45) is 0 Å². The van der Waals surface area contributed by atoms with Gasteiger partial charge in [-0.05, 0) is 24.4 Å². The van der Waals surface area contributed by atoms with Gasteiger partial charge >= 0.3 is 5.97 Å². The van der Waals surface area contributed by atoms with E-state index in [1.165, 1.54) is 0 Å². The van der Waals surface area contributed by atoms with Crippen LogP contribution in [0, 0.1) is 0 Å². The van der Waals surface area contributed by atoms with Crippen LogP contribution in [0.4, 0.5) is 0 Å². The Kier molecular flexibility index (Phi) is 3.39. The van der Waals surface area contributed by atoms with Gasteiger partial charge in [0, 0.05) is 31.9 Å². The largest absolute Gasteiger partial charge is 0.479 e. The minimum Gasteiger partial charge on any atom is -0.479 e. The van der Waals surface area contributed by atoms with Crippen LogP contribution in [0.25, 0.3) is 10.9 Å². The Bertz CT molecular complexity index is 561. The highest BCUT2D eigenvalue weighted by Gasteiger charge is 2.35. The number of para-hydroxylation sites is 1. The minimum atomic E-state index is -0.987. The molecule has 0 fully saturated rings. The van der Waals surface area contributed by atoms with E-state index in [0.29, 0.717) is 13.0 Å². The highest BCUT2D eigenvalue weighted by molar-refractivity contribution is 5.84. The summed E-state index contributed by atoms with van der Waals surface area (Å²) in [6.45, 7) is 2.14. The first-order valence-electron chi connectivity index (χ1n) is 5.88. The number of aliphatic carboxylic acids is 1. The van der Waals surface area contributed by atoms with Gasteiger partial charge in [-0.2, -0.15) is 0 Å². The van der Waals surface area contributed by atoms with Crippen LogP contribution < -0.4 is 0 Å². The van der Waals surface area contributed by atoms with Crippen molar-refractivity contribution < 1.29 is 14.6 Å². The van der Waals surface area contributed by atoms with E-state index in [4.69, 9.17) is 4.74 Å². The van der Waals surface area contributed by atoms with Crippen molar-refractivity contribution in [1.82, 2.24) is 4.57 Å². The SMILES string of the molecule is COCCC(C)(C(=O)O)n1ccc2ccccc21. The number of carbonyl (C=O) groups is 1. The number of methoxy groups -OCH3 is 1. The van der Waals surface area contributed by atoms with Gasteiger partial charge in [0.25, 0.3) is 0 Å². The average molecular weight is 247 g/mol. The van der Waals surface area contributed by atoms with Gasteiger partial charge in [0.1, 0.15) is 5.54 Å². The van der Waals surface area contributed by atoms with Crippen LogP contribution in [0.1, 0.15) is 13.3 Å². The Morgan fingerprint density at radius 1 is 1.39 bits per heavy atom. The molecule has 4 heteroatoms. The smallest absolute Gasteiger partial charge is 0.329 e. The molecule has 2 aromatic rings. The van der Waals surface area contributed by atoms with E-state index >= 15 is 0 Å². The van der Waals surface area contributed by atoms with Gasteiger partial charge in [-0.25, -0.2) is 4.79 Å². The van der Waals surface area contributed by atoms with E-state index in [1.807, 2.05) is 41.1 Å². The normalized spacial score (nSPS) is 14.6. The molecule has 18 heavy (non-hydrogen) atoms. The number of benzene rings is 1. The Balaban J connectivity index is 2.51. The third kappa shape index (κ3) is 1.99. The van der Waals surface area contributed by atoms with Crippen LogP contribution in [0.15, 0.2) is 36.5 Å². The minimum absolute atomic E-state index is 0.412. The van der Waals surface area contributed by atoms with Gasteiger partial charge in [-0.1, -0.05) is 18.2 Å². The highest BCUT2D eigenvalue weighted by Crippen LogP contribution is 2.27. The first-order chi connectivity index (χ1) is 8.59. The fraction of sp³-hybridized carbons (Fsp3) is 0.357. The second kappa shape index (κ2) is 4.82. The molecular weight excluding hydrogens is 230 g/mol. The number of carboxylic acids is 1. The molecule has 0 saturated carbocycles. The first kappa shape index (κ1) is 12.6. The van der Waals surface area contributed by atoms with E-state index < -0.39 is 11.5 Å². The average Bonchev–Trinajstić information content (AvgIpc) is 2.80. The number of nitrogens with zero attached hydrogens (tertiary/aromatic N) is 1. The molecule has 0 aliphatic carbocycles. The van der Waals surface area contributed by atoms with Crippen molar-refractivity contribution in [1.29, 1.82) is 0 Å². The monoisotopic (exact) mass is 247 g/mol. The number of hydrogen-bond acceptors (Lipinski definition) is 2. The van der Waals surface area contributed by atoms with Gasteiger partial charge in [0.15, 0.2) is 0 Å². The van der Waals surface area contributed by atoms with Crippen molar-refractivity contribution in [3.8, 4) is 0 Å². The van der Waals surface area contributed by atoms with Gasteiger partial charge in [-0.15, -0.1) is 0 Å². The molecule has 1 heterocycles. The Morgan fingerprint density at radius 2 is 2.11 bits per heavy atom. The second-order valence-electron chi connectivity index (χ2n) is 4.57. The third-order valence-corrected chi connectivity index (χ3v) is 3.38. The molecular formula is C14H17NO3. The van der Waals surface area contributed by atoms with Crippen LogP contribution in [-0.4, -0.2) is 29.4 Å². The topological polar surface area (TPSA) is 51.5 Å². The molecule has 0 bridgehead atoms. The summed E-state index contributed by atoms with van der Waals surface area (Å²) in [5.41, 5.74) is -0.0578. The molecule has 96 valence electrons. The molecule has 1 aromatic heterocycles. The molecule has 4 nitrogen and oxygen atoms in total. The predicted molar refractivity (Wildman–Crippen MR) is 69.7 cm³/mol. The summed E-state index contributed by atoms with van der Waals surface area (Å²) in [4.78, 5) is 11.6. The molecule has 0 radical (unpaired) electrons. The van der Waals surface area contributed by atoms with Gasteiger partial charge < -0.3 is 14.4 Å². The highest BCUT2D eigenvalue weighted by atomic mass is 16.5. The van der Waals surface area contributed by atoms with Crippen LogP contribution >= 0.6 is 0 Å². The lowest BCUT2D eigenvalue weighted by atomic mass is 9.98. The Hall–Kier alpha value is -1.81. The lowest BCUT2D eigenvalue weighted by Crippen LogP contribution is -2.39. The summed E-state index contributed by atoms with van der Waals surface area (Å²) in [7, 11) is 1.58. The van der Waals surface area contributed by atoms with E-state index in [-0.39, 0.29) is 0 Å². The molecule has 0 spiro atoms. The zero-order valence-electron chi connectivity index (χ0n) is 10.6. The predicted octanol–water partition coefficient (Wildman–Crippen LogP) is 2.48. The van der Waals surface area contributed by atoms with Crippen molar-refractivity contribution in [3.63, 3.8) is 0 Å². The summed E-state index contributed by atoms with van der Waals surface area (Å²) in [6, 6.07) is 9.70. The summed E-state index contributed by atoms with van der Waals surface area (Å²) < 4.78 is 6.83. The standard InChI is InChI=1S/C14H17NO3/c1-14(13(16)17,8-10-18-2)15-9-7-11-5-3-4-6-12(11)15/h3-7,9H,8,10H2,1-2H3,(H,16,17). The van der Waals surface area contributed by atoms with Crippen molar-refractivity contribution in [2.45, 2.75) is 18.9 Å². The van der Waals surface area contributed by atoms with Crippen molar-refractivity contribution in [3.05, 3.63) is 36.5 Å². The summed E-state index contributed by atoms with van der Waals surface area (Å²) in [5, 5.41) is 10.6. The second-order valence-corrected chi connectivity index (χ2v) is 4.57. The van der Waals surface area contributed by atoms with Gasteiger partial charge in [-0.3, -0.25) is 0 Å². The van der Waals surface area contributed by atoms with Crippen LogP contribution in [0.3, 0.4) is 0 Å². The fourth-order valence-electron chi connectivity index (χ4n) is 2.14. The quantitative estimate of drug-likeness (QED) is 0.883. The summed E-state index contributed by atoms with van der Waals surface area (Å²) >= 11 is 0. The molecule has 0 aliphatic rings. The van der Waals surface area contributed by atoms with E-state index in [0.717, 1.165) is 10.9 Å². The van der Waals surface area contributed by atoms with E-state index in [1.54, 1.807) is 14.0 Å². The maximum absolute atomic E-state index is 11.6. The van der Waals surface area contributed by atoms with Crippen molar-refractivity contribution >= 4 is 16.9 Å². The van der Waals surface area contributed by atoms with E-state index in [9.17, 15) is 9.90 Å². The Labute approximate surface area is 106 Å². The number of hydrogen-bond donors (Lipinski definition) is 1. The number of fused-ring (bicyclic) bond motifs is 1. The number of carboxylic acid groups (broad SMARTS) is 1. The van der Waals surface area contributed by atoms with Crippen LogP contribution in [0.5, 0.6) is 0 Å². The summed E-state index contributed by atoms with van der Waals surface area (Å²) in [5.74, 6) is -0.846. The summed E-state index contributed by atoms with van der Waals surface area (Å²) in [6.07, 6.45) is 2.26. The zero-order valence-corrected chi connectivity index (χ0v) is 10.6. The molecule has 1 atom stereocenters. The van der Waals surface area contributed by atoms with E-state index in [2.05, 4.69) is 0 Å². The number of aromatic nitrogens is 1. The molecule has 1 aromatic carbocycles. The molecule has 0 saturated heterocycles. The molecule has 1 N–H and O–H groups in total. The number of ether oxygens (including phenoxy) is 1. The maximum Gasteiger partial charge on any atom is 0.329 e. The Morgan fingerprint density at radius 3 is 2.78 bits per heavy atom. The molecule has 0 amide bonds. The van der Waals surface area contributed by atoms with Gasteiger partial charge in [0.2, 0.25) is 0 Å². The first-order valence-corrected chi connectivity index (χ1v) is 5.88. The lowest BCUT2D eigenvalue weighted by Gasteiger charge is -2.27. The molecule has 0 aliphatic heterocycles. The van der Waals surface area contributed by atoms with Gasteiger partial charge in [0.05, 0.1) is 0 Å².